The molecule has 0 radical (unpaired) electrons. The molecule has 4 heteroatoms. The highest BCUT2D eigenvalue weighted by Gasteiger charge is 2.10. The number of nitrogens with one attached hydrogen (secondary N) is 1. The zero-order valence-corrected chi connectivity index (χ0v) is 13.7. The van der Waals surface area contributed by atoms with Gasteiger partial charge in [-0.15, -0.1) is 0 Å². The van der Waals surface area contributed by atoms with Gasteiger partial charge in [0.15, 0.2) is 0 Å². The summed E-state index contributed by atoms with van der Waals surface area (Å²) in [6, 6.07) is 10.6. The zero-order chi connectivity index (χ0) is 16.1. The molecule has 0 atom stereocenters. The highest BCUT2D eigenvalue weighted by Crippen LogP contribution is 2.10. The van der Waals surface area contributed by atoms with Gasteiger partial charge in [-0.25, -0.2) is 0 Å². The van der Waals surface area contributed by atoms with Crippen LogP contribution in [-0.2, 0) is 13.1 Å². The third-order valence-electron chi connectivity index (χ3n) is 3.89. The molecule has 2 rings (SSSR count). The Hall–Kier alpha value is -2.07. The van der Waals surface area contributed by atoms with Gasteiger partial charge in [0.2, 0.25) is 0 Å². The van der Waals surface area contributed by atoms with Crippen molar-refractivity contribution in [3.05, 3.63) is 59.0 Å². The maximum atomic E-state index is 12.0. The van der Waals surface area contributed by atoms with E-state index in [1.54, 1.807) is 13.0 Å². The summed E-state index contributed by atoms with van der Waals surface area (Å²) >= 11 is 0. The predicted molar refractivity (Wildman–Crippen MR) is 87.7 cm³/mol. The van der Waals surface area contributed by atoms with Crippen molar-refractivity contribution in [2.75, 3.05) is 7.05 Å². The smallest absolute Gasteiger partial charge is 0.255 e. The van der Waals surface area contributed by atoms with Crippen molar-refractivity contribution < 1.29 is 9.21 Å². The van der Waals surface area contributed by atoms with E-state index in [-0.39, 0.29) is 5.91 Å². The minimum Gasteiger partial charge on any atom is -0.469 e. The lowest BCUT2D eigenvalue weighted by atomic mass is 10.1. The van der Waals surface area contributed by atoms with Gasteiger partial charge in [-0.05, 0) is 45.0 Å². The molecule has 0 saturated carbocycles. The molecule has 4 nitrogen and oxygen atoms in total. The summed E-state index contributed by atoms with van der Waals surface area (Å²) in [5.41, 5.74) is 2.96. The number of aryl methyl sites for hydroxylation is 1. The Morgan fingerprint density at radius 1 is 1.18 bits per heavy atom. The number of carbonyl (C=O) groups is 1. The molecule has 0 fully saturated rings. The summed E-state index contributed by atoms with van der Waals surface area (Å²) < 4.78 is 5.14. The molecule has 0 spiro atoms. The zero-order valence-electron chi connectivity index (χ0n) is 13.7. The van der Waals surface area contributed by atoms with Crippen molar-refractivity contribution in [3.63, 3.8) is 0 Å². The summed E-state index contributed by atoms with van der Waals surface area (Å²) in [4.78, 5) is 14.3. The van der Waals surface area contributed by atoms with Crippen LogP contribution < -0.4 is 5.32 Å². The molecule has 1 heterocycles. The van der Waals surface area contributed by atoms with Crippen LogP contribution in [0.25, 0.3) is 0 Å². The van der Waals surface area contributed by atoms with Crippen LogP contribution >= 0.6 is 0 Å². The van der Waals surface area contributed by atoms with Crippen molar-refractivity contribution in [3.8, 4) is 0 Å². The molecule has 118 valence electrons. The highest BCUT2D eigenvalue weighted by molar-refractivity contribution is 5.94. The lowest BCUT2D eigenvalue weighted by Gasteiger charge is -2.21. The number of nitrogens with zero attached hydrogens (tertiary/aromatic N) is 1. The fourth-order valence-corrected chi connectivity index (χ4v) is 2.13. The molecule has 0 aliphatic heterocycles. The van der Waals surface area contributed by atoms with Gasteiger partial charge >= 0.3 is 0 Å². The van der Waals surface area contributed by atoms with Crippen molar-refractivity contribution >= 4 is 5.91 Å². The first-order valence-electron chi connectivity index (χ1n) is 7.57. The Labute approximate surface area is 132 Å². The largest absolute Gasteiger partial charge is 0.469 e. The Kier molecular flexibility index (Phi) is 5.39. The first-order valence-corrected chi connectivity index (χ1v) is 7.57. The van der Waals surface area contributed by atoms with Gasteiger partial charge in [-0.3, -0.25) is 9.69 Å². The maximum absolute atomic E-state index is 12.0. The average Bonchev–Trinajstić information content (AvgIpc) is 2.92. The van der Waals surface area contributed by atoms with Gasteiger partial charge in [0.25, 0.3) is 5.91 Å². The predicted octanol–water partition coefficient (Wildman–Crippen LogP) is 3.36. The van der Waals surface area contributed by atoms with Crippen LogP contribution in [0.2, 0.25) is 0 Å². The van der Waals surface area contributed by atoms with E-state index < -0.39 is 0 Å². The van der Waals surface area contributed by atoms with Gasteiger partial charge in [0.1, 0.15) is 5.76 Å². The topological polar surface area (TPSA) is 45.5 Å². The van der Waals surface area contributed by atoms with Crippen LogP contribution in [0, 0.1) is 6.92 Å². The van der Waals surface area contributed by atoms with E-state index in [0.717, 1.165) is 12.1 Å². The van der Waals surface area contributed by atoms with E-state index in [4.69, 9.17) is 4.42 Å². The molecule has 1 amide bonds. The summed E-state index contributed by atoms with van der Waals surface area (Å²) in [6.07, 6.45) is 1.53. The molecule has 0 aliphatic carbocycles. The molecule has 2 aromatic rings. The Morgan fingerprint density at radius 3 is 2.36 bits per heavy atom. The minimum absolute atomic E-state index is 0.102. The summed E-state index contributed by atoms with van der Waals surface area (Å²) in [5, 5.41) is 2.91. The Balaban J connectivity index is 1.89. The number of benzene rings is 1. The van der Waals surface area contributed by atoms with Crippen molar-refractivity contribution in [2.24, 2.45) is 0 Å². The molecule has 0 unspecified atom stereocenters. The monoisotopic (exact) mass is 300 g/mol. The summed E-state index contributed by atoms with van der Waals surface area (Å²) in [5.74, 6) is 0.541. The van der Waals surface area contributed by atoms with Crippen LogP contribution in [0.1, 0.15) is 41.1 Å². The molecule has 0 aliphatic rings. The normalized spacial score (nSPS) is 11.2. The third-order valence-corrected chi connectivity index (χ3v) is 3.89. The second kappa shape index (κ2) is 7.27. The lowest BCUT2D eigenvalue weighted by Crippen LogP contribution is -2.25. The summed E-state index contributed by atoms with van der Waals surface area (Å²) in [6.45, 7) is 7.60. The molecule has 22 heavy (non-hydrogen) atoms. The maximum Gasteiger partial charge on any atom is 0.255 e. The Morgan fingerprint density at radius 2 is 1.82 bits per heavy atom. The molecule has 0 saturated heterocycles. The van der Waals surface area contributed by atoms with Gasteiger partial charge in [-0.1, -0.05) is 24.3 Å². The summed E-state index contributed by atoms with van der Waals surface area (Å²) in [7, 11) is 2.12. The van der Waals surface area contributed by atoms with E-state index in [1.807, 2.05) is 0 Å². The second-order valence-electron chi connectivity index (χ2n) is 5.90. The lowest BCUT2D eigenvalue weighted by molar-refractivity contribution is 0.0949. The highest BCUT2D eigenvalue weighted by atomic mass is 16.3. The second-order valence-corrected chi connectivity index (χ2v) is 5.90. The number of amides is 1. The third kappa shape index (κ3) is 4.21. The van der Waals surface area contributed by atoms with E-state index in [0.29, 0.717) is 23.9 Å². The van der Waals surface area contributed by atoms with Crippen molar-refractivity contribution in [1.29, 1.82) is 0 Å². The van der Waals surface area contributed by atoms with Crippen LogP contribution in [0.4, 0.5) is 0 Å². The molecule has 1 N–H and O–H groups in total. The number of hydrogen-bond acceptors (Lipinski definition) is 3. The number of carbonyl (C=O) groups excluding carboxylic acids is 1. The van der Waals surface area contributed by atoms with E-state index in [2.05, 4.69) is 55.4 Å². The van der Waals surface area contributed by atoms with E-state index >= 15 is 0 Å². The van der Waals surface area contributed by atoms with Crippen molar-refractivity contribution in [1.82, 2.24) is 10.2 Å². The first kappa shape index (κ1) is 16.3. The first-order chi connectivity index (χ1) is 10.5. The Bertz CT molecular complexity index is 614. The van der Waals surface area contributed by atoms with Gasteiger partial charge in [0, 0.05) is 19.1 Å². The number of furan rings is 1. The van der Waals surface area contributed by atoms with Gasteiger partial charge < -0.3 is 9.73 Å². The minimum atomic E-state index is -0.102. The van der Waals surface area contributed by atoms with Crippen LogP contribution in [0.5, 0.6) is 0 Å². The number of rotatable bonds is 6. The van der Waals surface area contributed by atoms with E-state index in [9.17, 15) is 4.79 Å². The molecular formula is C18H24N2O2. The van der Waals surface area contributed by atoms with Gasteiger partial charge in [0.05, 0.1) is 11.8 Å². The quantitative estimate of drug-likeness (QED) is 0.889. The van der Waals surface area contributed by atoms with Gasteiger partial charge in [-0.2, -0.15) is 0 Å². The SMILES string of the molecule is Cc1occc1C(=O)NCc1ccc(CN(C)C(C)C)cc1. The molecular weight excluding hydrogens is 276 g/mol. The molecule has 0 bridgehead atoms. The standard InChI is InChI=1S/C18H24N2O2/c1-13(2)20(4)12-16-7-5-15(6-8-16)11-19-18(21)17-9-10-22-14(17)3/h5-10,13H,11-12H2,1-4H3,(H,19,21). The van der Waals surface area contributed by atoms with E-state index in [1.165, 1.54) is 11.8 Å². The number of hydrogen-bond donors (Lipinski definition) is 1. The van der Waals surface area contributed by atoms with Crippen LogP contribution in [0.15, 0.2) is 41.0 Å². The molecule has 1 aromatic heterocycles. The fraction of sp³-hybridized carbons (Fsp3) is 0.389. The van der Waals surface area contributed by atoms with Crippen LogP contribution in [0.3, 0.4) is 0 Å². The van der Waals surface area contributed by atoms with Crippen LogP contribution in [-0.4, -0.2) is 23.9 Å². The van der Waals surface area contributed by atoms with Crippen molar-refractivity contribution in [2.45, 2.75) is 39.9 Å². The average molecular weight is 300 g/mol. The molecule has 1 aromatic carbocycles. The fourth-order valence-electron chi connectivity index (χ4n) is 2.13.